The number of amides is 2. The van der Waals surface area contributed by atoms with Crippen LogP contribution in [0.5, 0.6) is 5.75 Å². The molecule has 4 rings (SSSR count). The molecule has 1 aliphatic heterocycles. The van der Waals surface area contributed by atoms with Gasteiger partial charge in [-0.1, -0.05) is 42.5 Å². The Morgan fingerprint density at radius 3 is 2.63 bits per heavy atom. The van der Waals surface area contributed by atoms with E-state index in [0.29, 0.717) is 17.1 Å². The van der Waals surface area contributed by atoms with E-state index in [1.54, 1.807) is 13.1 Å². The van der Waals surface area contributed by atoms with Crippen LogP contribution in [-0.2, 0) is 9.59 Å². The van der Waals surface area contributed by atoms with Crippen LogP contribution in [0, 0.1) is 6.92 Å². The van der Waals surface area contributed by atoms with Crippen LogP contribution in [0.1, 0.15) is 12.5 Å². The second-order valence-corrected chi connectivity index (χ2v) is 6.95. The van der Waals surface area contributed by atoms with Gasteiger partial charge in [0, 0.05) is 18.1 Å². The normalized spacial score (nSPS) is 18.8. The summed E-state index contributed by atoms with van der Waals surface area (Å²) in [5.74, 6) is -0.390. The highest BCUT2D eigenvalue weighted by Gasteiger charge is 2.49. The number of hydrogen-bond donors (Lipinski definition) is 1. The molecule has 1 unspecified atom stereocenters. The zero-order valence-electron chi connectivity index (χ0n) is 15.4. The highest BCUT2D eigenvalue weighted by Crippen LogP contribution is 2.38. The third kappa shape index (κ3) is 2.72. The number of ether oxygens (including phenoxy) is 1. The number of nitrogens with one attached hydrogen (secondary N) is 1. The van der Waals surface area contributed by atoms with Gasteiger partial charge in [-0.2, -0.15) is 0 Å². The van der Waals surface area contributed by atoms with Crippen LogP contribution in [0.3, 0.4) is 0 Å². The van der Waals surface area contributed by atoms with E-state index < -0.39 is 17.4 Å². The molecule has 1 heterocycles. The summed E-state index contributed by atoms with van der Waals surface area (Å²) >= 11 is 0. The van der Waals surface area contributed by atoms with E-state index >= 15 is 0 Å². The number of carbonyl (C=O) groups excluding carboxylic acids is 2. The molecule has 0 aromatic heterocycles. The molecule has 3 aromatic carbocycles. The molecule has 0 aliphatic carbocycles. The van der Waals surface area contributed by atoms with Crippen molar-refractivity contribution in [2.45, 2.75) is 19.4 Å². The van der Waals surface area contributed by atoms with E-state index in [9.17, 15) is 9.59 Å². The predicted octanol–water partition coefficient (Wildman–Crippen LogP) is 3.90. The average Bonchev–Trinajstić information content (AvgIpc) is 2.67. The molecule has 0 fully saturated rings. The number of carbonyl (C=O) groups is 2. The summed E-state index contributed by atoms with van der Waals surface area (Å²) in [5.41, 5.74) is 0.679. The molecule has 0 saturated carbocycles. The first-order valence-electron chi connectivity index (χ1n) is 8.77. The Morgan fingerprint density at radius 1 is 1.07 bits per heavy atom. The van der Waals surface area contributed by atoms with Gasteiger partial charge in [0.25, 0.3) is 17.4 Å². The van der Waals surface area contributed by atoms with E-state index in [2.05, 4.69) is 5.32 Å². The summed E-state index contributed by atoms with van der Waals surface area (Å²) in [6.45, 7) is 3.45. The van der Waals surface area contributed by atoms with Crippen molar-refractivity contribution in [1.82, 2.24) is 0 Å². The fourth-order valence-electron chi connectivity index (χ4n) is 3.39. The summed E-state index contributed by atoms with van der Waals surface area (Å²) in [5, 5.41) is 4.79. The van der Waals surface area contributed by atoms with Gasteiger partial charge in [0.1, 0.15) is 5.75 Å². The minimum Gasteiger partial charge on any atom is -0.465 e. The Bertz CT molecular complexity index is 1070. The van der Waals surface area contributed by atoms with E-state index in [-0.39, 0.29) is 0 Å². The van der Waals surface area contributed by atoms with Crippen molar-refractivity contribution >= 4 is 34.0 Å². The standard InChI is InChI=1S/C22H20N2O3/c1-14-11-12-19-18(13-14)24(3)21(26)22(2,27-19)20(25)23-17-10-6-8-15-7-4-5-9-16(15)17/h4-13H,1-3H3,(H,23,25). The van der Waals surface area contributed by atoms with Gasteiger partial charge in [-0.05, 0) is 43.0 Å². The fourth-order valence-corrected chi connectivity index (χ4v) is 3.39. The maximum absolute atomic E-state index is 13.1. The molecule has 27 heavy (non-hydrogen) atoms. The molecule has 0 radical (unpaired) electrons. The monoisotopic (exact) mass is 360 g/mol. The summed E-state index contributed by atoms with van der Waals surface area (Å²) < 4.78 is 5.90. The molecule has 3 aromatic rings. The molecule has 2 amide bonds. The number of likely N-dealkylation sites (N-methyl/N-ethyl adjacent to an activating group) is 1. The van der Waals surface area contributed by atoms with Gasteiger partial charge in [-0.15, -0.1) is 0 Å². The zero-order valence-corrected chi connectivity index (χ0v) is 15.4. The Kier molecular flexibility index (Phi) is 3.88. The number of benzene rings is 3. The van der Waals surface area contributed by atoms with Crippen molar-refractivity contribution in [3.05, 3.63) is 66.2 Å². The van der Waals surface area contributed by atoms with E-state index in [4.69, 9.17) is 4.74 Å². The lowest BCUT2D eigenvalue weighted by Gasteiger charge is -2.38. The van der Waals surface area contributed by atoms with Crippen molar-refractivity contribution in [3.63, 3.8) is 0 Å². The molecule has 5 nitrogen and oxygen atoms in total. The Hall–Kier alpha value is -3.34. The Balaban J connectivity index is 1.70. The molecule has 0 spiro atoms. The third-order valence-electron chi connectivity index (χ3n) is 4.97. The van der Waals surface area contributed by atoms with Gasteiger partial charge in [-0.3, -0.25) is 9.59 Å². The minimum absolute atomic E-state index is 0.404. The lowest BCUT2D eigenvalue weighted by molar-refractivity contribution is -0.144. The fraction of sp³-hybridized carbons (Fsp3) is 0.182. The molecule has 1 N–H and O–H groups in total. The van der Waals surface area contributed by atoms with Gasteiger partial charge < -0.3 is 15.0 Å². The summed E-state index contributed by atoms with van der Waals surface area (Å²) in [4.78, 5) is 27.5. The summed E-state index contributed by atoms with van der Waals surface area (Å²) in [7, 11) is 1.66. The molecule has 1 atom stereocenters. The van der Waals surface area contributed by atoms with Crippen LogP contribution in [0.15, 0.2) is 60.7 Å². The number of fused-ring (bicyclic) bond motifs is 2. The smallest absolute Gasteiger partial charge is 0.280 e. The van der Waals surface area contributed by atoms with Crippen molar-refractivity contribution in [2.75, 3.05) is 17.3 Å². The number of nitrogens with zero attached hydrogens (tertiary/aromatic N) is 1. The van der Waals surface area contributed by atoms with E-state index in [0.717, 1.165) is 16.3 Å². The molecular formula is C22H20N2O3. The molecule has 136 valence electrons. The lowest BCUT2D eigenvalue weighted by Crippen LogP contribution is -2.59. The SMILES string of the molecule is Cc1ccc2c(c1)N(C)C(=O)C(C)(C(=O)Nc1cccc3ccccc13)O2. The first-order valence-corrected chi connectivity index (χ1v) is 8.77. The maximum atomic E-state index is 13.1. The van der Waals surface area contributed by atoms with Crippen LogP contribution in [0.25, 0.3) is 10.8 Å². The second kappa shape index (κ2) is 6.13. The quantitative estimate of drug-likeness (QED) is 0.705. The maximum Gasteiger partial charge on any atom is 0.280 e. The van der Waals surface area contributed by atoms with Gasteiger partial charge >= 0.3 is 0 Å². The van der Waals surface area contributed by atoms with Gasteiger partial charge in [-0.25, -0.2) is 0 Å². The Morgan fingerprint density at radius 2 is 1.81 bits per heavy atom. The summed E-state index contributed by atoms with van der Waals surface area (Å²) in [6.07, 6.45) is 0. The van der Waals surface area contributed by atoms with Crippen LogP contribution < -0.4 is 15.0 Å². The van der Waals surface area contributed by atoms with Gasteiger partial charge in [0.2, 0.25) is 0 Å². The highest BCUT2D eigenvalue weighted by atomic mass is 16.5. The van der Waals surface area contributed by atoms with Crippen molar-refractivity contribution < 1.29 is 14.3 Å². The predicted molar refractivity (Wildman–Crippen MR) is 106 cm³/mol. The van der Waals surface area contributed by atoms with Crippen molar-refractivity contribution in [3.8, 4) is 5.75 Å². The Labute approximate surface area is 157 Å². The molecular weight excluding hydrogens is 340 g/mol. The number of hydrogen-bond acceptors (Lipinski definition) is 3. The van der Waals surface area contributed by atoms with Crippen LogP contribution in [-0.4, -0.2) is 24.5 Å². The zero-order chi connectivity index (χ0) is 19.2. The van der Waals surface area contributed by atoms with Crippen molar-refractivity contribution in [1.29, 1.82) is 0 Å². The molecule has 5 heteroatoms. The van der Waals surface area contributed by atoms with E-state index in [1.165, 1.54) is 11.8 Å². The average molecular weight is 360 g/mol. The van der Waals surface area contributed by atoms with Gasteiger partial charge in [0.15, 0.2) is 0 Å². The number of rotatable bonds is 2. The number of anilines is 2. The minimum atomic E-state index is -1.64. The molecule has 0 bridgehead atoms. The highest BCUT2D eigenvalue weighted by molar-refractivity contribution is 6.20. The lowest BCUT2D eigenvalue weighted by atomic mass is 9.99. The second-order valence-electron chi connectivity index (χ2n) is 6.95. The third-order valence-corrected chi connectivity index (χ3v) is 4.97. The van der Waals surface area contributed by atoms with E-state index in [1.807, 2.05) is 61.5 Å². The van der Waals surface area contributed by atoms with Crippen molar-refractivity contribution in [2.24, 2.45) is 0 Å². The van der Waals surface area contributed by atoms with Gasteiger partial charge in [0.05, 0.1) is 5.69 Å². The first kappa shape index (κ1) is 17.1. The van der Waals surface area contributed by atoms with Crippen LogP contribution >= 0.6 is 0 Å². The summed E-state index contributed by atoms with van der Waals surface area (Å²) in [6, 6.07) is 19.0. The molecule has 1 aliphatic rings. The van der Waals surface area contributed by atoms with Crippen LogP contribution in [0.4, 0.5) is 11.4 Å². The topological polar surface area (TPSA) is 58.6 Å². The number of aryl methyl sites for hydroxylation is 1. The van der Waals surface area contributed by atoms with Crippen LogP contribution in [0.2, 0.25) is 0 Å². The first-order chi connectivity index (χ1) is 12.9. The largest absolute Gasteiger partial charge is 0.465 e. The molecule has 0 saturated heterocycles.